The van der Waals surface area contributed by atoms with Gasteiger partial charge in [0.15, 0.2) is 0 Å². The topological polar surface area (TPSA) is 49.3 Å². The fourth-order valence-electron chi connectivity index (χ4n) is 1.36. The van der Waals surface area contributed by atoms with Crippen molar-refractivity contribution in [1.82, 2.24) is 5.32 Å². The highest BCUT2D eigenvalue weighted by Gasteiger charge is 2.13. The molecule has 1 amide bonds. The van der Waals surface area contributed by atoms with Crippen LogP contribution in [0.1, 0.15) is 23.7 Å². The number of benzene rings is 1. The van der Waals surface area contributed by atoms with E-state index in [0.717, 1.165) is 0 Å². The Morgan fingerprint density at radius 3 is 2.94 bits per heavy atom. The highest BCUT2D eigenvalue weighted by Crippen LogP contribution is 2.19. The van der Waals surface area contributed by atoms with Crippen molar-refractivity contribution in [2.45, 2.75) is 13.3 Å². The van der Waals surface area contributed by atoms with Crippen molar-refractivity contribution in [3.8, 4) is 0 Å². The fraction of sp³-hybridized carbons (Fsp3) is 0.417. The summed E-state index contributed by atoms with van der Waals surface area (Å²) in [4.78, 5) is 11.7. The summed E-state index contributed by atoms with van der Waals surface area (Å²) in [6, 6.07) is 4.11. The van der Waals surface area contributed by atoms with Gasteiger partial charge in [-0.2, -0.15) is 0 Å². The molecule has 0 aromatic heterocycles. The largest absolute Gasteiger partial charge is 0.396 e. The molecule has 1 unspecified atom stereocenters. The van der Waals surface area contributed by atoms with E-state index in [1.165, 1.54) is 18.2 Å². The van der Waals surface area contributed by atoms with Crippen LogP contribution in [0.4, 0.5) is 4.39 Å². The lowest BCUT2D eigenvalue weighted by molar-refractivity contribution is 0.0945. The van der Waals surface area contributed by atoms with Crippen LogP contribution >= 0.6 is 11.6 Å². The van der Waals surface area contributed by atoms with Crippen molar-refractivity contribution in [2.24, 2.45) is 5.92 Å². The first-order valence-electron chi connectivity index (χ1n) is 5.39. The first-order valence-corrected chi connectivity index (χ1v) is 5.77. The summed E-state index contributed by atoms with van der Waals surface area (Å²) in [7, 11) is 0. The lowest BCUT2D eigenvalue weighted by atomic mass is 10.1. The van der Waals surface area contributed by atoms with Gasteiger partial charge in [-0.1, -0.05) is 24.6 Å². The molecule has 0 saturated heterocycles. The summed E-state index contributed by atoms with van der Waals surface area (Å²) in [5.74, 6) is -0.849. The summed E-state index contributed by atoms with van der Waals surface area (Å²) in [5.41, 5.74) is 0.128. The molecule has 0 heterocycles. The zero-order valence-electron chi connectivity index (χ0n) is 9.54. The monoisotopic (exact) mass is 259 g/mol. The quantitative estimate of drug-likeness (QED) is 0.852. The fourth-order valence-corrected chi connectivity index (χ4v) is 1.58. The van der Waals surface area contributed by atoms with Crippen LogP contribution in [0.2, 0.25) is 5.02 Å². The summed E-state index contributed by atoms with van der Waals surface area (Å²) >= 11 is 5.69. The minimum absolute atomic E-state index is 0.0811. The van der Waals surface area contributed by atoms with Gasteiger partial charge in [0, 0.05) is 13.2 Å². The number of carbonyl (C=O) groups excluding carboxylic acids is 1. The maximum Gasteiger partial charge on any atom is 0.252 e. The number of aliphatic hydroxyl groups excluding tert-OH is 1. The average molecular weight is 260 g/mol. The van der Waals surface area contributed by atoms with Gasteiger partial charge < -0.3 is 10.4 Å². The molecule has 0 radical (unpaired) electrons. The van der Waals surface area contributed by atoms with Crippen LogP contribution in [0.3, 0.4) is 0 Å². The van der Waals surface area contributed by atoms with Gasteiger partial charge in [0.2, 0.25) is 0 Å². The van der Waals surface area contributed by atoms with Crippen molar-refractivity contribution in [3.63, 3.8) is 0 Å². The van der Waals surface area contributed by atoms with E-state index < -0.39 is 11.7 Å². The molecule has 0 fully saturated rings. The van der Waals surface area contributed by atoms with E-state index in [9.17, 15) is 9.18 Å². The third-order valence-electron chi connectivity index (χ3n) is 2.43. The molecular formula is C12H15ClFNO2. The second-order valence-corrected chi connectivity index (χ2v) is 4.31. The third-order valence-corrected chi connectivity index (χ3v) is 2.81. The Morgan fingerprint density at radius 1 is 1.59 bits per heavy atom. The zero-order chi connectivity index (χ0) is 12.8. The lowest BCUT2D eigenvalue weighted by Gasteiger charge is -2.11. The highest BCUT2D eigenvalue weighted by molar-refractivity contribution is 6.34. The minimum atomic E-state index is -0.609. The van der Waals surface area contributed by atoms with E-state index in [0.29, 0.717) is 13.0 Å². The van der Waals surface area contributed by atoms with Gasteiger partial charge in [0.1, 0.15) is 5.82 Å². The van der Waals surface area contributed by atoms with Gasteiger partial charge in [-0.05, 0) is 24.5 Å². The number of hydrogen-bond acceptors (Lipinski definition) is 2. The third kappa shape index (κ3) is 3.98. The average Bonchev–Trinajstić information content (AvgIpc) is 2.30. The zero-order valence-corrected chi connectivity index (χ0v) is 10.3. The molecule has 0 spiro atoms. The highest BCUT2D eigenvalue weighted by atomic mass is 35.5. The molecule has 1 rings (SSSR count). The van der Waals surface area contributed by atoms with Gasteiger partial charge in [-0.3, -0.25) is 4.79 Å². The number of nitrogens with one attached hydrogen (secondary N) is 1. The molecule has 17 heavy (non-hydrogen) atoms. The standard InChI is InChI=1S/C12H15ClFNO2/c1-8(5-6-16)7-15-12(17)9-3-2-4-10(14)11(9)13/h2-4,8,16H,5-7H2,1H3,(H,15,17). The van der Waals surface area contributed by atoms with Crippen LogP contribution in [0.25, 0.3) is 0 Å². The van der Waals surface area contributed by atoms with Crippen molar-refractivity contribution >= 4 is 17.5 Å². The second kappa shape index (κ2) is 6.57. The normalized spacial score (nSPS) is 12.2. The van der Waals surface area contributed by atoms with E-state index in [4.69, 9.17) is 16.7 Å². The van der Waals surface area contributed by atoms with Crippen LogP contribution in [0.5, 0.6) is 0 Å². The van der Waals surface area contributed by atoms with E-state index in [1.807, 2.05) is 6.92 Å². The van der Waals surface area contributed by atoms with E-state index in [1.54, 1.807) is 0 Å². The SMILES string of the molecule is CC(CCO)CNC(=O)c1cccc(F)c1Cl. The Morgan fingerprint density at radius 2 is 2.29 bits per heavy atom. The summed E-state index contributed by atoms with van der Waals surface area (Å²) in [6.45, 7) is 2.41. The van der Waals surface area contributed by atoms with Gasteiger partial charge in [0.25, 0.3) is 5.91 Å². The van der Waals surface area contributed by atoms with E-state index in [2.05, 4.69) is 5.32 Å². The summed E-state index contributed by atoms with van der Waals surface area (Å²) < 4.78 is 13.1. The van der Waals surface area contributed by atoms with Crippen molar-refractivity contribution < 1.29 is 14.3 Å². The Hall–Kier alpha value is -1.13. The number of aliphatic hydroxyl groups is 1. The Balaban J connectivity index is 2.61. The lowest BCUT2D eigenvalue weighted by Crippen LogP contribution is -2.29. The Labute approximate surface area is 105 Å². The van der Waals surface area contributed by atoms with Gasteiger partial charge in [-0.25, -0.2) is 4.39 Å². The van der Waals surface area contributed by atoms with Crippen LogP contribution in [-0.4, -0.2) is 24.2 Å². The molecule has 1 aromatic carbocycles. The van der Waals surface area contributed by atoms with Crippen LogP contribution < -0.4 is 5.32 Å². The van der Waals surface area contributed by atoms with Gasteiger partial charge >= 0.3 is 0 Å². The summed E-state index contributed by atoms with van der Waals surface area (Å²) in [5, 5.41) is 11.2. The maximum atomic E-state index is 13.1. The molecule has 1 aromatic rings. The molecule has 0 saturated carbocycles. The van der Waals surface area contributed by atoms with Crippen LogP contribution in [0.15, 0.2) is 18.2 Å². The van der Waals surface area contributed by atoms with Crippen LogP contribution in [-0.2, 0) is 0 Å². The number of halogens is 2. The van der Waals surface area contributed by atoms with Crippen molar-refractivity contribution in [2.75, 3.05) is 13.2 Å². The molecule has 0 aliphatic rings. The maximum absolute atomic E-state index is 13.1. The van der Waals surface area contributed by atoms with Crippen molar-refractivity contribution in [1.29, 1.82) is 0 Å². The molecule has 3 nitrogen and oxygen atoms in total. The van der Waals surface area contributed by atoms with Gasteiger partial charge in [0.05, 0.1) is 10.6 Å². The molecule has 0 aliphatic heterocycles. The summed E-state index contributed by atoms with van der Waals surface area (Å²) in [6.07, 6.45) is 0.608. The molecule has 94 valence electrons. The first-order chi connectivity index (χ1) is 8.06. The Bertz CT molecular complexity index is 398. The van der Waals surface area contributed by atoms with Crippen molar-refractivity contribution in [3.05, 3.63) is 34.6 Å². The molecule has 5 heteroatoms. The minimum Gasteiger partial charge on any atom is -0.396 e. The smallest absolute Gasteiger partial charge is 0.252 e. The number of hydrogen-bond donors (Lipinski definition) is 2. The first kappa shape index (κ1) is 13.9. The molecule has 1 atom stereocenters. The number of carbonyl (C=O) groups is 1. The predicted molar refractivity (Wildman–Crippen MR) is 64.6 cm³/mol. The molecule has 0 aliphatic carbocycles. The van der Waals surface area contributed by atoms with E-state index in [-0.39, 0.29) is 23.1 Å². The van der Waals surface area contributed by atoms with Crippen LogP contribution in [0, 0.1) is 11.7 Å². The predicted octanol–water partition coefficient (Wildman–Crippen LogP) is 2.23. The molecule has 2 N–H and O–H groups in total. The molecule has 0 bridgehead atoms. The molecular weight excluding hydrogens is 245 g/mol. The second-order valence-electron chi connectivity index (χ2n) is 3.93. The number of rotatable bonds is 5. The van der Waals surface area contributed by atoms with E-state index >= 15 is 0 Å². The number of amides is 1. The van der Waals surface area contributed by atoms with Gasteiger partial charge in [-0.15, -0.1) is 0 Å². The Kier molecular flexibility index (Phi) is 5.38.